The second kappa shape index (κ2) is 9.12. The van der Waals surface area contributed by atoms with E-state index in [2.05, 4.69) is 5.32 Å². The van der Waals surface area contributed by atoms with Crippen LogP contribution >= 0.6 is 11.8 Å². The van der Waals surface area contributed by atoms with Gasteiger partial charge in [0.1, 0.15) is 5.58 Å². The first-order chi connectivity index (χ1) is 12.7. The maximum atomic E-state index is 12.5. The van der Waals surface area contributed by atoms with E-state index >= 15 is 0 Å². The van der Waals surface area contributed by atoms with Gasteiger partial charge in [0.05, 0.1) is 0 Å². The molecule has 140 valence electrons. The summed E-state index contributed by atoms with van der Waals surface area (Å²) in [5, 5.41) is 4.19. The molecule has 0 bridgehead atoms. The van der Waals surface area contributed by atoms with Crippen LogP contribution in [0, 0.1) is 0 Å². The maximum Gasteiger partial charge on any atom is 0.375 e. The lowest BCUT2D eigenvalue weighted by atomic mass is 10.0. The van der Waals surface area contributed by atoms with Crippen molar-refractivity contribution in [2.45, 2.75) is 50.0 Å². The monoisotopic (exact) mass is 375 g/mol. The zero-order valence-corrected chi connectivity index (χ0v) is 15.9. The van der Waals surface area contributed by atoms with E-state index in [-0.39, 0.29) is 18.3 Å². The van der Waals surface area contributed by atoms with Crippen molar-refractivity contribution in [1.29, 1.82) is 0 Å². The lowest BCUT2D eigenvalue weighted by molar-refractivity contribution is -0.124. The Morgan fingerprint density at radius 3 is 2.77 bits per heavy atom. The molecule has 26 heavy (non-hydrogen) atoms. The number of carbonyl (C=O) groups excluding carboxylic acids is 2. The number of fused-ring (bicyclic) bond motifs is 1. The number of ether oxygens (including phenoxy) is 1. The van der Waals surface area contributed by atoms with Crippen LogP contribution in [0.15, 0.2) is 28.7 Å². The lowest BCUT2D eigenvalue weighted by Crippen LogP contribution is -2.28. The SMILES string of the molecule is CCNC(=O)COC(=O)c1oc2ccccc2c1CSC1CCCCC1. The average molecular weight is 375 g/mol. The Labute approximate surface area is 157 Å². The topological polar surface area (TPSA) is 68.5 Å². The van der Waals surface area contributed by atoms with Crippen molar-refractivity contribution in [2.75, 3.05) is 13.2 Å². The molecule has 1 aromatic heterocycles. The third-order valence-electron chi connectivity index (χ3n) is 4.61. The van der Waals surface area contributed by atoms with Gasteiger partial charge in [-0.15, -0.1) is 0 Å². The van der Waals surface area contributed by atoms with Crippen molar-refractivity contribution in [1.82, 2.24) is 5.32 Å². The smallest absolute Gasteiger partial charge is 0.375 e. The molecule has 1 N–H and O–H groups in total. The highest BCUT2D eigenvalue weighted by atomic mass is 32.2. The predicted molar refractivity (Wildman–Crippen MR) is 103 cm³/mol. The highest BCUT2D eigenvalue weighted by Crippen LogP contribution is 2.35. The van der Waals surface area contributed by atoms with Crippen LogP contribution in [0.5, 0.6) is 0 Å². The van der Waals surface area contributed by atoms with Crippen molar-refractivity contribution in [3.05, 3.63) is 35.6 Å². The third-order valence-corrected chi connectivity index (χ3v) is 6.01. The van der Waals surface area contributed by atoms with Gasteiger partial charge in [-0.2, -0.15) is 11.8 Å². The number of benzene rings is 1. The minimum atomic E-state index is -0.577. The number of amides is 1. The lowest BCUT2D eigenvalue weighted by Gasteiger charge is -2.20. The quantitative estimate of drug-likeness (QED) is 0.731. The standard InChI is InChI=1S/C20H25NO4S/c1-2-21-18(22)12-24-20(23)19-16(13-26-14-8-4-3-5-9-14)15-10-6-7-11-17(15)25-19/h6-7,10-11,14H,2-5,8-9,12-13H2,1H3,(H,21,22). The molecule has 0 unspecified atom stereocenters. The molecule has 0 radical (unpaired) electrons. The van der Waals surface area contributed by atoms with Crippen LogP contribution in [0.3, 0.4) is 0 Å². The number of likely N-dealkylation sites (N-methyl/N-ethyl adjacent to an activating group) is 1. The number of nitrogens with one attached hydrogen (secondary N) is 1. The van der Waals surface area contributed by atoms with Gasteiger partial charge < -0.3 is 14.5 Å². The van der Waals surface area contributed by atoms with Crippen LogP contribution in [0.2, 0.25) is 0 Å². The summed E-state index contributed by atoms with van der Waals surface area (Å²) in [5.41, 5.74) is 1.55. The van der Waals surface area contributed by atoms with Gasteiger partial charge in [0, 0.05) is 28.5 Å². The number of thioether (sulfide) groups is 1. The molecule has 6 heteroatoms. The molecule has 1 aliphatic rings. The van der Waals surface area contributed by atoms with E-state index in [9.17, 15) is 9.59 Å². The molecule has 1 aliphatic carbocycles. The van der Waals surface area contributed by atoms with E-state index in [1.807, 2.05) is 43.0 Å². The van der Waals surface area contributed by atoms with Gasteiger partial charge in [0.25, 0.3) is 5.91 Å². The number of esters is 1. The maximum absolute atomic E-state index is 12.5. The fraction of sp³-hybridized carbons (Fsp3) is 0.500. The average Bonchev–Trinajstić information content (AvgIpc) is 3.04. The van der Waals surface area contributed by atoms with Gasteiger partial charge in [-0.1, -0.05) is 37.5 Å². The molecule has 5 nitrogen and oxygen atoms in total. The minimum Gasteiger partial charge on any atom is -0.450 e. The van der Waals surface area contributed by atoms with E-state index in [1.54, 1.807) is 0 Å². The van der Waals surface area contributed by atoms with E-state index in [0.29, 0.717) is 23.1 Å². The van der Waals surface area contributed by atoms with Gasteiger partial charge >= 0.3 is 5.97 Å². The zero-order valence-electron chi connectivity index (χ0n) is 15.1. The number of hydrogen-bond donors (Lipinski definition) is 1. The molecular weight excluding hydrogens is 350 g/mol. The third kappa shape index (κ3) is 4.61. The number of hydrogen-bond acceptors (Lipinski definition) is 5. The van der Waals surface area contributed by atoms with Crippen LogP contribution in [0.25, 0.3) is 11.0 Å². The molecule has 0 saturated heterocycles. The fourth-order valence-corrected chi connectivity index (χ4v) is 4.64. The number of carbonyl (C=O) groups is 2. The first-order valence-corrected chi connectivity index (χ1v) is 10.3. The molecule has 1 amide bonds. The van der Waals surface area contributed by atoms with Crippen LogP contribution in [-0.2, 0) is 15.3 Å². The Balaban J connectivity index is 1.75. The normalized spacial score (nSPS) is 15.1. The van der Waals surface area contributed by atoms with Gasteiger partial charge in [-0.3, -0.25) is 4.79 Å². The van der Waals surface area contributed by atoms with E-state index in [0.717, 1.165) is 10.9 Å². The highest BCUT2D eigenvalue weighted by molar-refractivity contribution is 7.99. The second-order valence-corrected chi connectivity index (χ2v) is 7.80. The Morgan fingerprint density at radius 1 is 1.23 bits per heavy atom. The van der Waals surface area contributed by atoms with Gasteiger partial charge in [0.2, 0.25) is 5.76 Å². The predicted octanol–water partition coefficient (Wildman–Crippen LogP) is 4.29. The summed E-state index contributed by atoms with van der Waals surface area (Å²) >= 11 is 1.89. The molecule has 0 aliphatic heterocycles. The van der Waals surface area contributed by atoms with Crippen molar-refractivity contribution < 1.29 is 18.7 Å². The first kappa shape index (κ1) is 18.8. The van der Waals surface area contributed by atoms with Crippen LogP contribution in [-0.4, -0.2) is 30.3 Å². The number of para-hydroxylation sites is 1. The van der Waals surface area contributed by atoms with Crippen molar-refractivity contribution in [2.24, 2.45) is 0 Å². The summed E-state index contributed by atoms with van der Waals surface area (Å²) in [6.07, 6.45) is 6.36. The Bertz CT molecular complexity index is 764. The summed E-state index contributed by atoms with van der Waals surface area (Å²) in [6, 6.07) is 7.64. The summed E-state index contributed by atoms with van der Waals surface area (Å²) in [7, 11) is 0. The zero-order chi connectivity index (χ0) is 18.4. The number of furan rings is 1. The largest absolute Gasteiger partial charge is 0.450 e. The molecule has 3 rings (SSSR count). The molecule has 2 aromatic rings. The Morgan fingerprint density at radius 2 is 2.00 bits per heavy atom. The highest BCUT2D eigenvalue weighted by Gasteiger charge is 2.24. The summed E-state index contributed by atoms with van der Waals surface area (Å²) in [6.45, 7) is 2.03. The van der Waals surface area contributed by atoms with Gasteiger partial charge in [-0.05, 0) is 25.8 Å². The summed E-state index contributed by atoms with van der Waals surface area (Å²) < 4.78 is 10.9. The van der Waals surface area contributed by atoms with Crippen molar-refractivity contribution >= 4 is 34.6 Å². The molecule has 0 spiro atoms. The molecule has 1 saturated carbocycles. The van der Waals surface area contributed by atoms with Crippen LogP contribution in [0.1, 0.15) is 55.1 Å². The molecular formula is C20H25NO4S. The van der Waals surface area contributed by atoms with Crippen LogP contribution in [0.4, 0.5) is 0 Å². The molecule has 0 atom stereocenters. The molecule has 1 heterocycles. The van der Waals surface area contributed by atoms with Gasteiger partial charge in [0.15, 0.2) is 6.61 Å². The molecule has 1 aromatic carbocycles. The van der Waals surface area contributed by atoms with Gasteiger partial charge in [-0.25, -0.2) is 4.79 Å². The van der Waals surface area contributed by atoms with Crippen LogP contribution < -0.4 is 5.32 Å². The van der Waals surface area contributed by atoms with Crippen molar-refractivity contribution in [3.8, 4) is 0 Å². The van der Waals surface area contributed by atoms with E-state index in [1.165, 1.54) is 32.1 Å². The Hall–Kier alpha value is -1.95. The minimum absolute atomic E-state index is 0.221. The Kier molecular flexibility index (Phi) is 6.61. The molecule has 1 fully saturated rings. The summed E-state index contributed by atoms with van der Waals surface area (Å²) in [5.74, 6) is 0.0494. The van der Waals surface area contributed by atoms with E-state index < -0.39 is 5.97 Å². The first-order valence-electron chi connectivity index (χ1n) is 9.25. The number of rotatable bonds is 7. The second-order valence-electron chi connectivity index (χ2n) is 6.51. The summed E-state index contributed by atoms with van der Waals surface area (Å²) in [4.78, 5) is 24.0. The van der Waals surface area contributed by atoms with Crippen molar-refractivity contribution in [3.63, 3.8) is 0 Å². The fourth-order valence-electron chi connectivity index (χ4n) is 3.28. The van der Waals surface area contributed by atoms with E-state index in [4.69, 9.17) is 9.15 Å².